The molecule has 0 spiro atoms. The van der Waals surface area contributed by atoms with Crippen LogP contribution in [0.5, 0.6) is 5.75 Å². The third kappa shape index (κ3) is 18.1. The fourth-order valence-corrected chi connectivity index (χ4v) is 6.45. The van der Waals surface area contributed by atoms with E-state index < -0.39 is 13.9 Å². The van der Waals surface area contributed by atoms with Gasteiger partial charge >= 0.3 is 7.82 Å². The van der Waals surface area contributed by atoms with Gasteiger partial charge in [-0.15, -0.1) is 0 Å². The second-order valence-electron chi connectivity index (χ2n) is 11.7. The molecular weight excluding hydrogens is 644 g/mol. The Hall–Kier alpha value is -1.62. The van der Waals surface area contributed by atoms with Crippen LogP contribution in [0.3, 0.4) is 0 Å². The molecule has 0 aromatic heterocycles. The minimum atomic E-state index is -3.97. The molecule has 0 amide bonds. The average Bonchev–Trinajstić information content (AvgIpc) is 3.06. The smallest absolute Gasteiger partial charge is 0.402 e. The molecule has 0 aliphatic heterocycles. The molecule has 2 aromatic rings. The lowest BCUT2D eigenvalue weighted by Gasteiger charge is -2.22. The number of phosphoric acid groups is 1. The van der Waals surface area contributed by atoms with Crippen molar-refractivity contribution in [3.8, 4) is 11.8 Å². The summed E-state index contributed by atoms with van der Waals surface area (Å²) in [4.78, 5) is 0. The molecule has 2 rings (SSSR count). The minimum absolute atomic E-state index is 0.0987. The van der Waals surface area contributed by atoms with Crippen LogP contribution in [0.1, 0.15) is 121 Å². The second kappa shape index (κ2) is 25.4. The summed E-state index contributed by atoms with van der Waals surface area (Å²) in [5, 5.41) is 9.79. The Kier molecular flexibility index (Phi) is 22.4. The van der Waals surface area contributed by atoms with E-state index in [0.717, 1.165) is 18.4 Å². The van der Waals surface area contributed by atoms with Gasteiger partial charge in [0.05, 0.1) is 35.4 Å². The summed E-state index contributed by atoms with van der Waals surface area (Å²) >= 11 is 12.3. The molecule has 0 aliphatic carbocycles. The van der Waals surface area contributed by atoms with Crippen LogP contribution in [0.2, 0.25) is 10.0 Å². The van der Waals surface area contributed by atoms with Gasteiger partial charge in [-0.05, 0) is 36.2 Å². The summed E-state index contributed by atoms with van der Waals surface area (Å²) in [7, 11) is -2.72. The zero-order valence-corrected chi connectivity index (χ0v) is 30.3. The Labute approximate surface area is 287 Å². The Morgan fingerprint density at radius 3 is 1.91 bits per heavy atom. The first-order chi connectivity index (χ1) is 22.4. The number of nitriles is 1. The SMILES string of the molecule is CCCCCCCCCCCCCCCCCCOC[C@H](COP(=O)(OC)Oc1ccccc1Cl)OCc1ccc(C#N)c(Cl)c1. The van der Waals surface area contributed by atoms with Crippen LogP contribution >= 0.6 is 31.0 Å². The molecule has 1 unspecified atom stereocenters. The van der Waals surface area contributed by atoms with Crippen molar-refractivity contribution in [3.05, 3.63) is 63.6 Å². The molecule has 2 atom stereocenters. The Morgan fingerprint density at radius 2 is 1.37 bits per heavy atom. The molecule has 46 heavy (non-hydrogen) atoms. The van der Waals surface area contributed by atoms with Gasteiger partial charge in [-0.1, -0.05) is 145 Å². The summed E-state index contributed by atoms with van der Waals surface area (Å²) in [6.45, 7) is 3.20. The zero-order valence-electron chi connectivity index (χ0n) is 27.9. The Morgan fingerprint density at radius 1 is 0.783 bits per heavy atom. The van der Waals surface area contributed by atoms with Crippen molar-refractivity contribution in [3.63, 3.8) is 0 Å². The summed E-state index contributed by atoms with van der Waals surface area (Å²) in [6.07, 6.45) is 20.5. The average molecular weight is 699 g/mol. The predicted molar refractivity (Wildman–Crippen MR) is 188 cm³/mol. The highest BCUT2D eigenvalue weighted by atomic mass is 35.5. The summed E-state index contributed by atoms with van der Waals surface area (Å²) < 4.78 is 41.4. The zero-order chi connectivity index (χ0) is 33.3. The van der Waals surface area contributed by atoms with Crippen LogP contribution in [-0.2, 0) is 29.7 Å². The van der Waals surface area contributed by atoms with Crippen LogP contribution in [0.15, 0.2) is 42.5 Å². The maximum absolute atomic E-state index is 13.2. The number of para-hydroxylation sites is 1. The maximum Gasteiger partial charge on any atom is 0.529 e. The standard InChI is InChI=1S/C36H54Cl2NO6P/c1-3-4-5-6-7-8-9-10-11-12-13-14-15-16-17-20-25-42-29-33(43-28-31-23-24-32(27-39)35(38)26-31)30-44-46(40,41-2)45-36-22-19-18-21-34(36)37/h18-19,21-24,26,33H,3-17,20,25,28-30H2,1-2H3/t33-,46?/m1/s1. The largest absolute Gasteiger partial charge is 0.529 e. The van der Waals surface area contributed by atoms with Gasteiger partial charge in [0.15, 0.2) is 0 Å². The summed E-state index contributed by atoms with van der Waals surface area (Å²) in [5.41, 5.74) is 1.18. The molecule has 0 fully saturated rings. The highest BCUT2D eigenvalue weighted by Crippen LogP contribution is 2.50. The number of unbranched alkanes of at least 4 members (excludes halogenated alkanes) is 15. The van der Waals surface area contributed by atoms with Gasteiger partial charge in [-0.25, -0.2) is 4.57 Å². The molecular formula is C36H54Cl2NO6P. The van der Waals surface area contributed by atoms with E-state index in [2.05, 4.69) is 6.92 Å². The van der Waals surface area contributed by atoms with E-state index in [1.807, 2.05) is 6.07 Å². The molecule has 0 saturated carbocycles. The topological polar surface area (TPSA) is 87.0 Å². The van der Waals surface area contributed by atoms with Gasteiger partial charge in [0.2, 0.25) is 0 Å². The fraction of sp³-hybridized carbons (Fsp3) is 0.639. The van der Waals surface area contributed by atoms with Gasteiger partial charge in [0, 0.05) is 13.7 Å². The molecule has 7 nitrogen and oxygen atoms in total. The normalized spacial score (nSPS) is 13.3. The van der Waals surface area contributed by atoms with Crippen LogP contribution in [-0.4, -0.2) is 33.0 Å². The van der Waals surface area contributed by atoms with Crippen LogP contribution in [0.4, 0.5) is 0 Å². The van der Waals surface area contributed by atoms with Gasteiger partial charge in [0.25, 0.3) is 0 Å². The van der Waals surface area contributed by atoms with Gasteiger partial charge in [-0.2, -0.15) is 5.26 Å². The lowest BCUT2D eigenvalue weighted by molar-refractivity contribution is -0.0495. The quantitative estimate of drug-likeness (QED) is 0.0645. The highest BCUT2D eigenvalue weighted by Gasteiger charge is 2.30. The van der Waals surface area contributed by atoms with Crippen molar-refractivity contribution < 1.29 is 27.6 Å². The number of nitrogens with zero attached hydrogens (tertiary/aromatic N) is 1. The van der Waals surface area contributed by atoms with Gasteiger partial charge < -0.3 is 14.0 Å². The molecule has 0 saturated heterocycles. The number of rotatable bonds is 28. The van der Waals surface area contributed by atoms with E-state index in [4.69, 9.17) is 51.5 Å². The van der Waals surface area contributed by atoms with Crippen molar-refractivity contribution in [2.24, 2.45) is 0 Å². The van der Waals surface area contributed by atoms with Gasteiger partial charge in [0.1, 0.15) is 17.9 Å². The van der Waals surface area contributed by atoms with E-state index in [-0.39, 0.29) is 30.6 Å². The monoisotopic (exact) mass is 697 g/mol. The second-order valence-corrected chi connectivity index (χ2v) is 14.2. The number of halogens is 2. The van der Waals surface area contributed by atoms with E-state index in [9.17, 15) is 4.57 Å². The van der Waals surface area contributed by atoms with Crippen molar-refractivity contribution >= 4 is 31.0 Å². The number of hydrogen-bond acceptors (Lipinski definition) is 7. The van der Waals surface area contributed by atoms with Crippen molar-refractivity contribution in [1.82, 2.24) is 0 Å². The van der Waals surface area contributed by atoms with E-state index in [1.165, 1.54) is 97.0 Å². The van der Waals surface area contributed by atoms with E-state index in [0.29, 0.717) is 17.2 Å². The molecule has 0 heterocycles. The Balaban J connectivity index is 1.68. The lowest BCUT2D eigenvalue weighted by atomic mass is 10.0. The molecule has 258 valence electrons. The fourth-order valence-electron chi connectivity index (χ4n) is 4.99. The summed E-state index contributed by atoms with van der Waals surface area (Å²) in [5.74, 6) is 0.193. The highest BCUT2D eigenvalue weighted by molar-refractivity contribution is 7.48. The number of hydrogen-bond donors (Lipinski definition) is 0. The van der Waals surface area contributed by atoms with E-state index in [1.54, 1.807) is 42.5 Å². The molecule has 2 aromatic carbocycles. The molecule has 0 radical (unpaired) electrons. The Bertz CT molecular complexity index is 1180. The van der Waals surface area contributed by atoms with E-state index >= 15 is 0 Å². The number of benzene rings is 2. The third-order valence-electron chi connectivity index (χ3n) is 7.77. The number of phosphoric ester groups is 1. The van der Waals surface area contributed by atoms with Gasteiger partial charge in [-0.3, -0.25) is 9.05 Å². The molecule has 0 aliphatic rings. The van der Waals surface area contributed by atoms with Crippen LogP contribution < -0.4 is 4.52 Å². The first-order valence-corrected chi connectivity index (χ1v) is 19.2. The van der Waals surface area contributed by atoms with Crippen molar-refractivity contribution in [2.45, 2.75) is 122 Å². The predicted octanol–water partition coefficient (Wildman–Crippen LogP) is 11.9. The summed E-state index contributed by atoms with van der Waals surface area (Å²) in [6, 6.07) is 13.8. The maximum atomic E-state index is 13.2. The first-order valence-electron chi connectivity index (χ1n) is 17.0. The first kappa shape index (κ1) is 40.6. The molecule has 10 heteroatoms. The van der Waals surface area contributed by atoms with Crippen molar-refractivity contribution in [2.75, 3.05) is 26.9 Å². The van der Waals surface area contributed by atoms with Crippen LogP contribution in [0, 0.1) is 11.3 Å². The number of ether oxygens (including phenoxy) is 2. The van der Waals surface area contributed by atoms with Crippen LogP contribution in [0.25, 0.3) is 0 Å². The molecule has 0 N–H and O–H groups in total. The minimum Gasteiger partial charge on any atom is -0.402 e. The lowest BCUT2D eigenvalue weighted by Crippen LogP contribution is -2.26. The van der Waals surface area contributed by atoms with Crippen molar-refractivity contribution in [1.29, 1.82) is 5.26 Å². The molecule has 0 bridgehead atoms. The third-order valence-corrected chi connectivity index (χ3v) is 9.73.